The van der Waals surface area contributed by atoms with Crippen LogP contribution < -0.4 is 0 Å². The van der Waals surface area contributed by atoms with E-state index in [0.29, 0.717) is 29.7 Å². The molecule has 0 saturated carbocycles. The van der Waals surface area contributed by atoms with Crippen LogP contribution in [0.1, 0.15) is 66.4 Å². The molecule has 7 heteroatoms. The first kappa shape index (κ1) is 30.8. The van der Waals surface area contributed by atoms with Crippen LogP contribution >= 0.6 is 11.8 Å². The van der Waals surface area contributed by atoms with E-state index in [9.17, 15) is 4.21 Å². The smallest absolute Gasteiger partial charge is 0.200 e. The lowest BCUT2D eigenvalue weighted by molar-refractivity contribution is -0.188. The van der Waals surface area contributed by atoms with Crippen molar-refractivity contribution >= 4 is 30.9 Å². The molecule has 0 aliphatic carbocycles. The topological polar surface area (TPSA) is 44.8 Å². The fraction of sp³-hybridized carbons (Fsp3) is 0.714. The number of hydrogen-bond acceptors (Lipinski definition) is 5. The maximum atomic E-state index is 12.5. The van der Waals surface area contributed by atoms with Crippen LogP contribution in [0, 0.1) is 0 Å². The highest BCUT2D eigenvalue weighted by atomic mass is 32.2. The lowest BCUT2D eigenvalue weighted by Gasteiger charge is -2.50. The Balaban J connectivity index is 2.46. The van der Waals surface area contributed by atoms with Crippen molar-refractivity contribution in [3.63, 3.8) is 0 Å². The first-order valence-electron chi connectivity index (χ1n) is 13.0. The van der Waals surface area contributed by atoms with Crippen molar-refractivity contribution in [1.29, 1.82) is 0 Å². The molecule has 1 aromatic carbocycles. The van der Waals surface area contributed by atoms with E-state index in [2.05, 4.69) is 60.3 Å². The van der Waals surface area contributed by atoms with E-state index in [4.69, 9.17) is 13.9 Å². The van der Waals surface area contributed by atoms with Crippen LogP contribution in [0.15, 0.2) is 43.0 Å². The van der Waals surface area contributed by atoms with Gasteiger partial charge in [-0.3, -0.25) is 4.21 Å². The van der Waals surface area contributed by atoms with Gasteiger partial charge in [0.05, 0.1) is 29.5 Å². The van der Waals surface area contributed by atoms with Crippen LogP contribution in [0.25, 0.3) is 0 Å². The van der Waals surface area contributed by atoms with Crippen molar-refractivity contribution in [2.75, 3.05) is 12.5 Å². The van der Waals surface area contributed by atoms with Crippen LogP contribution in [0.3, 0.4) is 0 Å². The van der Waals surface area contributed by atoms with Crippen LogP contribution in [0.5, 0.6) is 0 Å². The van der Waals surface area contributed by atoms with Crippen molar-refractivity contribution in [3.8, 4) is 0 Å². The van der Waals surface area contributed by atoms with Gasteiger partial charge in [-0.05, 0) is 41.3 Å². The molecule has 1 saturated heterocycles. The molecule has 200 valence electrons. The van der Waals surface area contributed by atoms with Crippen molar-refractivity contribution in [2.24, 2.45) is 0 Å². The molecule has 1 aliphatic rings. The SMILES string of the molecule is C=CC[C@@H]1C[C@H](O[Si](C(C)C)(C(C)C)C(C)C)[C@H](OCc2ccccc2)[C@@H](CC(SC)S(C)=O)O1. The van der Waals surface area contributed by atoms with E-state index < -0.39 is 19.1 Å². The van der Waals surface area contributed by atoms with Gasteiger partial charge in [0, 0.05) is 23.5 Å². The third-order valence-electron chi connectivity index (χ3n) is 7.43. The summed E-state index contributed by atoms with van der Waals surface area (Å²) in [6, 6.07) is 10.3. The van der Waals surface area contributed by atoms with Gasteiger partial charge in [0.25, 0.3) is 0 Å². The molecular weight excluding hydrogens is 493 g/mol. The zero-order chi connectivity index (χ0) is 26.2. The molecule has 2 unspecified atom stereocenters. The Bertz CT molecular complexity index is 765. The summed E-state index contributed by atoms with van der Waals surface area (Å²) in [5.41, 5.74) is 2.59. The van der Waals surface area contributed by atoms with E-state index in [1.165, 1.54) is 0 Å². The summed E-state index contributed by atoms with van der Waals surface area (Å²) >= 11 is 1.64. The normalized spacial score (nSPS) is 25.2. The predicted molar refractivity (Wildman–Crippen MR) is 155 cm³/mol. The van der Waals surface area contributed by atoms with Gasteiger partial charge in [-0.25, -0.2) is 0 Å². The Kier molecular flexibility index (Phi) is 12.7. The monoisotopic (exact) mass is 540 g/mol. The minimum Gasteiger partial charge on any atom is -0.410 e. The van der Waals surface area contributed by atoms with E-state index in [1.807, 2.05) is 30.5 Å². The second-order valence-electron chi connectivity index (χ2n) is 10.7. The summed E-state index contributed by atoms with van der Waals surface area (Å²) in [4.78, 5) is 0. The fourth-order valence-electron chi connectivity index (χ4n) is 5.86. The Morgan fingerprint density at radius 3 is 2.23 bits per heavy atom. The number of thioether (sulfide) groups is 1. The molecule has 4 nitrogen and oxygen atoms in total. The van der Waals surface area contributed by atoms with Crippen LogP contribution in [0.4, 0.5) is 0 Å². The minimum absolute atomic E-state index is 0.00625. The number of ether oxygens (including phenoxy) is 2. The molecule has 0 bridgehead atoms. The second-order valence-corrected chi connectivity index (χ2v) is 19.0. The van der Waals surface area contributed by atoms with E-state index in [1.54, 1.807) is 18.0 Å². The molecule has 0 amide bonds. The first-order valence-corrected chi connectivity index (χ1v) is 18.1. The predicted octanol–water partition coefficient (Wildman–Crippen LogP) is 7.32. The maximum absolute atomic E-state index is 12.5. The van der Waals surface area contributed by atoms with Gasteiger partial charge in [-0.15, -0.1) is 18.3 Å². The van der Waals surface area contributed by atoms with Gasteiger partial charge in [0.15, 0.2) is 0 Å². The molecule has 1 heterocycles. The van der Waals surface area contributed by atoms with Gasteiger partial charge >= 0.3 is 0 Å². The third kappa shape index (κ3) is 8.02. The van der Waals surface area contributed by atoms with Crippen LogP contribution in [0.2, 0.25) is 16.6 Å². The highest BCUT2D eigenvalue weighted by Crippen LogP contribution is 2.45. The van der Waals surface area contributed by atoms with Crippen molar-refractivity contribution < 1.29 is 18.1 Å². The number of benzene rings is 1. The van der Waals surface area contributed by atoms with Gasteiger partial charge in [0.2, 0.25) is 8.32 Å². The lowest BCUT2D eigenvalue weighted by atomic mass is 9.94. The van der Waals surface area contributed by atoms with Gasteiger partial charge in [0.1, 0.15) is 6.10 Å². The molecule has 35 heavy (non-hydrogen) atoms. The minimum atomic E-state index is -2.14. The van der Waals surface area contributed by atoms with Gasteiger partial charge in [-0.1, -0.05) is 78.0 Å². The van der Waals surface area contributed by atoms with E-state index >= 15 is 0 Å². The Morgan fingerprint density at radius 2 is 1.74 bits per heavy atom. The molecule has 1 fully saturated rings. The second kappa shape index (κ2) is 14.5. The molecule has 1 aromatic rings. The fourth-order valence-corrected chi connectivity index (χ4v) is 13.4. The van der Waals surface area contributed by atoms with Crippen molar-refractivity contribution in [3.05, 3.63) is 48.6 Å². The molecule has 2 rings (SSSR count). The summed E-state index contributed by atoms with van der Waals surface area (Å²) in [6.07, 6.45) is 7.58. The molecule has 0 radical (unpaired) electrons. The van der Waals surface area contributed by atoms with Crippen molar-refractivity contribution in [1.82, 2.24) is 0 Å². The molecule has 1 aliphatic heterocycles. The summed E-state index contributed by atoms with van der Waals surface area (Å²) in [6.45, 7) is 18.4. The Hall–Kier alpha value is -0.443. The van der Waals surface area contributed by atoms with E-state index in [-0.39, 0.29) is 29.0 Å². The average Bonchev–Trinajstić information content (AvgIpc) is 2.80. The number of rotatable bonds is 14. The molecular formula is C28H48O4S2Si. The highest BCUT2D eigenvalue weighted by molar-refractivity contribution is 8.10. The van der Waals surface area contributed by atoms with E-state index in [0.717, 1.165) is 18.4 Å². The van der Waals surface area contributed by atoms with Gasteiger partial charge in [-0.2, -0.15) is 0 Å². The standard InChI is InChI=1S/C28H48O4S2Si/c1-10-14-24-17-26(32-35(20(2)3,21(4)5)22(6)7)28(30-19-23-15-12-11-13-16-23)25(31-24)18-27(33-8)34(9)29/h10-13,15-16,20-22,24-28H,1,14,17-19H2,2-9H3/t24-,25-,26+,27?,28-,34?/m1/s1. The Labute approximate surface area is 222 Å². The zero-order valence-electron chi connectivity index (χ0n) is 23.1. The summed E-state index contributed by atoms with van der Waals surface area (Å²) in [7, 11) is -3.10. The highest BCUT2D eigenvalue weighted by Gasteiger charge is 2.50. The largest absolute Gasteiger partial charge is 0.410 e. The summed E-state index contributed by atoms with van der Waals surface area (Å²) < 4.78 is 33.1. The average molecular weight is 541 g/mol. The Morgan fingerprint density at radius 1 is 1.14 bits per heavy atom. The number of hydrogen-bond donors (Lipinski definition) is 0. The zero-order valence-corrected chi connectivity index (χ0v) is 25.7. The van der Waals surface area contributed by atoms with Crippen LogP contribution in [-0.4, -0.2) is 54.0 Å². The van der Waals surface area contributed by atoms with Crippen LogP contribution in [-0.2, 0) is 31.3 Å². The molecule has 0 spiro atoms. The van der Waals surface area contributed by atoms with Gasteiger partial charge < -0.3 is 13.9 Å². The quantitative estimate of drug-likeness (QED) is 0.183. The van der Waals surface area contributed by atoms with Crippen molar-refractivity contribution in [2.45, 2.75) is 113 Å². The molecule has 0 aromatic heterocycles. The maximum Gasteiger partial charge on any atom is 0.200 e. The molecule has 0 N–H and O–H groups in total. The third-order valence-corrected chi connectivity index (χ3v) is 16.6. The molecule has 6 atom stereocenters. The summed E-state index contributed by atoms with van der Waals surface area (Å²) in [5.74, 6) is 0. The first-order chi connectivity index (χ1) is 16.6. The lowest BCUT2D eigenvalue weighted by Crippen LogP contribution is -2.58. The summed E-state index contributed by atoms with van der Waals surface area (Å²) in [5, 5.41) is 0.